The van der Waals surface area contributed by atoms with Crippen molar-refractivity contribution in [1.29, 1.82) is 0 Å². The molecule has 0 spiro atoms. The van der Waals surface area contributed by atoms with Crippen LogP contribution >= 0.6 is 0 Å². The van der Waals surface area contributed by atoms with Gasteiger partial charge >= 0.3 is 0 Å². The number of aliphatic hydroxyl groups excluding tert-OH is 1. The number of fused-ring (bicyclic) bond motifs is 1. The highest BCUT2D eigenvalue weighted by Gasteiger charge is 2.27. The van der Waals surface area contributed by atoms with Crippen molar-refractivity contribution in [3.63, 3.8) is 0 Å². The van der Waals surface area contributed by atoms with Crippen LogP contribution in [0.5, 0.6) is 0 Å². The summed E-state index contributed by atoms with van der Waals surface area (Å²) in [7, 11) is 1.65. The van der Waals surface area contributed by atoms with Gasteiger partial charge in [0, 0.05) is 25.8 Å². The number of aliphatic hydroxyl groups is 1. The quantitative estimate of drug-likeness (QED) is 0.834. The fourth-order valence-electron chi connectivity index (χ4n) is 2.56. The molecule has 1 fully saturated rings. The fraction of sp³-hybridized carbons (Fsp3) is 0.615. The number of anilines is 1. The minimum absolute atomic E-state index is 0.120. The Kier molecular flexibility index (Phi) is 3.79. The number of nitrogens with zero attached hydrogens (tertiary/aromatic N) is 5. The van der Waals surface area contributed by atoms with E-state index in [1.165, 1.54) is 12.7 Å². The molecule has 1 aliphatic carbocycles. The van der Waals surface area contributed by atoms with Gasteiger partial charge in [0.2, 0.25) is 0 Å². The van der Waals surface area contributed by atoms with E-state index in [4.69, 9.17) is 4.74 Å². The van der Waals surface area contributed by atoms with Gasteiger partial charge in [0.15, 0.2) is 0 Å². The van der Waals surface area contributed by atoms with Crippen molar-refractivity contribution in [3.8, 4) is 0 Å². The van der Waals surface area contributed by atoms with Crippen LogP contribution in [-0.2, 0) is 11.3 Å². The summed E-state index contributed by atoms with van der Waals surface area (Å²) in [6.07, 6.45) is 5.04. The molecule has 108 valence electrons. The van der Waals surface area contributed by atoms with Crippen LogP contribution in [0.15, 0.2) is 12.4 Å². The second-order valence-electron chi connectivity index (χ2n) is 5.01. The first-order valence-corrected chi connectivity index (χ1v) is 6.89. The van der Waals surface area contributed by atoms with Crippen LogP contribution in [0, 0.1) is 0 Å². The zero-order valence-corrected chi connectivity index (χ0v) is 11.6. The molecule has 3 rings (SSSR count). The summed E-state index contributed by atoms with van der Waals surface area (Å²) in [5.74, 6) is 1.50. The molecule has 0 unspecified atom stereocenters. The van der Waals surface area contributed by atoms with Crippen molar-refractivity contribution in [2.24, 2.45) is 0 Å². The van der Waals surface area contributed by atoms with Gasteiger partial charge in [-0.15, -0.1) is 0 Å². The Balaban J connectivity index is 2.03. The first kappa shape index (κ1) is 13.3. The topological polar surface area (TPSA) is 75.8 Å². The average Bonchev–Trinajstić information content (AvgIpc) is 2.84. The molecule has 0 aliphatic heterocycles. The SMILES string of the molecule is COCc1cc(N(CCO)C2CCC2)n2ncnc2n1. The lowest BCUT2D eigenvalue weighted by molar-refractivity contribution is 0.181. The average molecular weight is 277 g/mol. The molecule has 7 nitrogen and oxygen atoms in total. The Morgan fingerprint density at radius 3 is 3.00 bits per heavy atom. The molecular weight excluding hydrogens is 258 g/mol. The summed E-state index contributed by atoms with van der Waals surface area (Å²) in [4.78, 5) is 10.8. The van der Waals surface area contributed by atoms with Crippen LogP contribution in [-0.4, -0.2) is 51.0 Å². The van der Waals surface area contributed by atoms with Crippen LogP contribution in [0.4, 0.5) is 5.82 Å². The molecule has 0 aromatic carbocycles. The second kappa shape index (κ2) is 5.72. The number of methoxy groups -OCH3 is 1. The lowest BCUT2D eigenvalue weighted by Crippen LogP contribution is -2.43. The Morgan fingerprint density at radius 2 is 2.35 bits per heavy atom. The van der Waals surface area contributed by atoms with Gasteiger partial charge in [0.25, 0.3) is 5.78 Å². The third-order valence-electron chi connectivity index (χ3n) is 3.73. The largest absolute Gasteiger partial charge is 0.395 e. The van der Waals surface area contributed by atoms with E-state index >= 15 is 0 Å². The van der Waals surface area contributed by atoms with Crippen LogP contribution in [0.2, 0.25) is 0 Å². The molecule has 7 heteroatoms. The van der Waals surface area contributed by atoms with Crippen molar-refractivity contribution < 1.29 is 9.84 Å². The van der Waals surface area contributed by atoms with Crippen molar-refractivity contribution in [2.45, 2.75) is 31.9 Å². The van der Waals surface area contributed by atoms with Gasteiger partial charge in [0.1, 0.15) is 12.1 Å². The number of rotatable bonds is 6. The monoisotopic (exact) mass is 277 g/mol. The Bertz CT molecular complexity index is 581. The number of aromatic nitrogens is 4. The minimum Gasteiger partial charge on any atom is -0.395 e. The summed E-state index contributed by atoms with van der Waals surface area (Å²) in [5.41, 5.74) is 0.824. The standard InChI is InChI=1S/C13H19N5O2/c1-20-8-10-7-12(18-13(16-10)14-9-15-18)17(5-6-19)11-3-2-4-11/h7,9,11,19H,2-6,8H2,1H3. The van der Waals surface area contributed by atoms with E-state index in [9.17, 15) is 5.11 Å². The highest BCUT2D eigenvalue weighted by molar-refractivity contribution is 5.48. The molecule has 1 saturated carbocycles. The van der Waals surface area contributed by atoms with Gasteiger partial charge in [-0.05, 0) is 19.3 Å². The normalized spacial score (nSPS) is 15.5. The maximum Gasteiger partial charge on any atom is 0.254 e. The second-order valence-corrected chi connectivity index (χ2v) is 5.01. The summed E-state index contributed by atoms with van der Waals surface area (Å²) in [6.45, 7) is 1.15. The molecule has 20 heavy (non-hydrogen) atoms. The lowest BCUT2D eigenvalue weighted by Gasteiger charge is -2.38. The minimum atomic E-state index is 0.120. The lowest BCUT2D eigenvalue weighted by atomic mass is 9.91. The fourth-order valence-corrected chi connectivity index (χ4v) is 2.56. The molecule has 1 N–H and O–H groups in total. The molecule has 2 aromatic rings. The van der Waals surface area contributed by atoms with E-state index < -0.39 is 0 Å². The summed E-state index contributed by atoms with van der Waals surface area (Å²) in [6, 6.07) is 2.44. The smallest absolute Gasteiger partial charge is 0.254 e. The van der Waals surface area contributed by atoms with E-state index in [1.54, 1.807) is 11.6 Å². The Hall–Kier alpha value is -1.73. The van der Waals surface area contributed by atoms with Crippen molar-refractivity contribution in [1.82, 2.24) is 19.6 Å². The van der Waals surface area contributed by atoms with E-state index in [1.807, 2.05) is 6.07 Å². The zero-order chi connectivity index (χ0) is 13.9. The highest BCUT2D eigenvalue weighted by atomic mass is 16.5. The molecule has 0 atom stereocenters. The molecule has 2 aromatic heterocycles. The van der Waals surface area contributed by atoms with Gasteiger partial charge in [-0.1, -0.05) is 0 Å². The third-order valence-corrected chi connectivity index (χ3v) is 3.73. The summed E-state index contributed by atoms with van der Waals surface area (Å²) in [5, 5.41) is 13.6. The number of ether oxygens (including phenoxy) is 1. The maximum atomic E-state index is 9.33. The highest BCUT2D eigenvalue weighted by Crippen LogP contribution is 2.29. The molecule has 0 saturated heterocycles. The Labute approximate surface area is 117 Å². The molecule has 1 aliphatic rings. The molecular formula is C13H19N5O2. The van der Waals surface area contributed by atoms with Gasteiger partial charge in [-0.25, -0.2) is 4.98 Å². The van der Waals surface area contributed by atoms with E-state index in [2.05, 4.69) is 20.0 Å². The van der Waals surface area contributed by atoms with Crippen LogP contribution in [0.3, 0.4) is 0 Å². The first-order chi connectivity index (χ1) is 9.83. The third kappa shape index (κ3) is 2.34. The van der Waals surface area contributed by atoms with Crippen LogP contribution < -0.4 is 4.90 Å². The number of hydrogen-bond donors (Lipinski definition) is 1. The van der Waals surface area contributed by atoms with Crippen molar-refractivity contribution >= 4 is 11.6 Å². The van der Waals surface area contributed by atoms with E-state index in [-0.39, 0.29) is 6.61 Å². The van der Waals surface area contributed by atoms with Crippen molar-refractivity contribution in [2.75, 3.05) is 25.2 Å². The first-order valence-electron chi connectivity index (χ1n) is 6.89. The Morgan fingerprint density at radius 1 is 1.50 bits per heavy atom. The predicted octanol–water partition coefficient (Wildman–Crippen LogP) is 0.622. The van der Waals surface area contributed by atoms with E-state index in [0.29, 0.717) is 25.0 Å². The summed E-state index contributed by atoms with van der Waals surface area (Å²) < 4.78 is 6.89. The van der Waals surface area contributed by atoms with Gasteiger partial charge in [0.05, 0.1) is 18.9 Å². The predicted molar refractivity (Wildman–Crippen MR) is 73.6 cm³/mol. The zero-order valence-electron chi connectivity index (χ0n) is 11.6. The molecule has 0 amide bonds. The van der Waals surface area contributed by atoms with Gasteiger partial charge in [-0.3, -0.25) is 0 Å². The van der Waals surface area contributed by atoms with Gasteiger partial charge < -0.3 is 14.7 Å². The van der Waals surface area contributed by atoms with Crippen molar-refractivity contribution in [3.05, 3.63) is 18.1 Å². The number of hydrogen-bond acceptors (Lipinski definition) is 6. The van der Waals surface area contributed by atoms with E-state index in [0.717, 1.165) is 24.4 Å². The van der Waals surface area contributed by atoms with Gasteiger partial charge in [-0.2, -0.15) is 14.6 Å². The summed E-state index contributed by atoms with van der Waals surface area (Å²) >= 11 is 0. The maximum absolute atomic E-state index is 9.33. The van der Waals surface area contributed by atoms with Crippen LogP contribution in [0.25, 0.3) is 5.78 Å². The van der Waals surface area contributed by atoms with Crippen LogP contribution in [0.1, 0.15) is 25.0 Å². The molecule has 0 radical (unpaired) electrons. The molecule has 2 heterocycles. The molecule has 0 bridgehead atoms.